The van der Waals surface area contributed by atoms with Crippen LogP contribution >= 0.6 is 0 Å². The largest absolute Gasteiger partial charge is 1.00 e. The molecule has 1 aromatic carbocycles. The molecule has 19 heavy (non-hydrogen) atoms. The molecule has 2 aromatic heterocycles. The molecule has 3 nitrogen and oxygen atoms in total. The molecule has 0 spiro atoms. The fourth-order valence-corrected chi connectivity index (χ4v) is 2.00. The van der Waals surface area contributed by atoms with E-state index in [4.69, 9.17) is 9.15 Å². The number of methoxy groups -OCH3 is 1. The second kappa shape index (κ2) is 5.61. The summed E-state index contributed by atoms with van der Waals surface area (Å²) in [5.41, 5.74) is 1.86. The number of hydrogen-bond acceptors (Lipinski definition) is 2. The van der Waals surface area contributed by atoms with Crippen LogP contribution in [0.5, 0.6) is 5.75 Å². The van der Waals surface area contributed by atoms with Crippen LogP contribution in [0.4, 0.5) is 0 Å². The van der Waals surface area contributed by atoms with Gasteiger partial charge in [0.15, 0.2) is 23.7 Å². The molecular formula is C15H14INO2. The van der Waals surface area contributed by atoms with Gasteiger partial charge in [-0.2, -0.15) is 0 Å². The first-order valence-corrected chi connectivity index (χ1v) is 5.80. The summed E-state index contributed by atoms with van der Waals surface area (Å²) in [4.78, 5) is 0. The van der Waals surface area contributed by atoms with E-state index >= 15 is 0 Å². The Morgan fingerprint density at radius 3 is 2.53 bits per heavy atom. The van der Waals surface area contributed by atoms with Crippen molar-refractivity contribution in [3.8, 4) is 17.1 Å². The minimum Gasteiger partial charge on any atom is -1.00 e. The lowest BCUT2D eigenvalue weighted by Gasteiger charge is -1.98. The molecule has 0 saturated carbocycles. The number of benzene rings is 1. The lowest BCUT2D eigenvalue weighted by molar-refractivity contribution is -0.671. The van der Waals surface area contributed by atoms with E-state index in [1.165, 1.54) is 0 Å². The second-order valence-corrected chi connectivity index (χ2v) is 4.24. The van der Waals surface area contributed by atoms with Crippen molar-refractivity contribution in [2.75, 3.05) is 7.11 Å². The number of ether oxygens (including phenoxy) is 1. The molecule has 0 aliphatic carbocycles. The van der Waals surface area contributed by atoms with Gasteiger partial charge in [0.05, 0.1) is 7.11 Å². The van der Waals surface area contributed by atoms with Crippen LogP contribution in [0.15, 0.2) is 53.2 Å². The second-order valence-electron chi connectivity index (χ2n) is 4.24. The molecule has 0 bridgehead atoms. The minimum absolute atomic E-state index is 0. The van der Waals surface area contributed by atoms with Gasteiger partial charge in [-0.15, -0.1) is 0 Å². The Balaban J connectivity index is 0.00000133. The minimum atomic E-state index is 0. The summed E-state index contributed by atoms with van der Waals surface area (Å²) in [6.07, 6.45) is 4.00. The number of pyridine rings is 1. The van der Waals surface area contributed by atoms with Crippen LogP contribution in [0.25, 0.3) is 22.3 Å². The molecule has 0 atom stereocenters. The molecule has 0 amide bonds. The highest BCUT2D eigenvalue weighted by Gasteiger charge is 2.10. The molecule has 98 valence electrons. The Bertz CT molecular complexity index is 689. The first-order valence-electron chi connectivity index (χ1n) is 5.80. The molecule has 4 heteroatoms. The third-order valence-electron chi connectivity index (χ3n) is 2.99. The first kappa shape index (κ1) is 13.9. The lowest BCUT2D eigenvalue weighted by Crippen LogP contribution is -3.00. The predicted molar refractivity (Wildman–Crippen MR) is 69.4 cm³/mol. The Hall–Kier alpha value is -1.56. The summed E-state index contributed by atoms with van der Waals surface area (Å²) < 4.78 is 13.2. The fraction of sp³-hybridized carbons (Fsp3) is 0.133. The van der Waals surface area contributed by atoms with Gasteiger partial charge >= 0.3 is 0 Å². The third-order valence-corrected chi connectivity index (χ3v) is 2.99. The Labute approximate surface area is 128 Å². The van der Waals surface area contributed by atoms with Crippen LogP contribution in [0.3, 0.4) is 0 Å². The maximum absolute atomic E-state index is 5.88. The Morgan fingerprint density at radius 2 is 1.84 bits per heavy atom. The first-order chi connectivity index (χ1) is 8.78. The number of halogens is 1. The quantitative estimate of drug-likeness (QED) is 0.469. The van der Waals surface area contributed by atoms with Gasteiger partial charge in [0.2, 0.25) is 0 Å². The van der Waals surface area contributed by atoms with Gasteiger partial charge in [0.1, 0.15) is 12.8 Å². The molecule has 0 saturated heterocycles. The predicted octanol–water partition coefficient (Wildman–Crippen LogP) is -0.0631. The van der Waals surface area contributed by atoms with E-state index in [2.05, 4.69) is 0 Å². The van der Waals surface area contributed by atoms with Crippen molar-refractivity contribution in [1.82, 2.24) is 0 Å². The van der Waals surface area contributed by atoms with Gasteiger partial charge < -0.3 is 33.1 Å². The molecule has 3 aromatic rings. The zero-order chi connectivity index (χ0) is 12.5. The topological polar surface area (TPSA) is 26.2 Å². The van der Waals surface area contributed by atoms with Crippen molar-refractivity contribution in [2.45, 2.75) is 0 Å². The molecule has 0 aliphatic rings. The summed E-state index contributed by atoms with van der Waals surface area (Å²) in [6, 6.07) is 12.0. The molecule has 0 unspecified atom stereocenters. The maximum atomic E-state index is 5.88. The van der Waals surface area contributed by atoms with Crippen LogP contribution in [0, 0.1) is 0 Å². The van der Waals surface area contributed by atoms with Gasteiger partial charge in [0, 0.05) is 23.1 Å². The van der Waals surface area contributed by atoms with E-state index in [0.29, 0.717) is 0 Å². The lowest BCUT2D eigenvalue weighted by atomic mass is 10.2. The highest BCUT2D eigenvalue weighted by molar-refractivity contribution is 5.87. The number of rotatable bonds is 2. The summed E-state index contributed by atoms with van der Waals surface area (Å²) in [7, 11) is 3.64. The van der Waals surface area contributed by atoms with Crippen LogP contribution in [0.2, 0.25) is 0 Å². The normalized spacial score (nSPS) is 10.2. The number of aromatic nitrogens is 1. The Morgan fingerprint density at radius 1 is 1.11 bits per heavy atom. The van der Waals surface area contributed by atoms with Gasteiger partial charge in [-0.05, 0) is 12.1 Å². The van der Waals surface area contributed by atoms with E-state index in [1.807, 2.05) is 60.4 Å². The van der Waals surface area contributed by atoms with E-state index in [0.717, 1.165) is 28.0 Å². The van der Waals surface area contributed by atoms with E-state index < -0.39 is 0 Å². The number of furan rings is 1. The number of nitrogens with zero attached hydrogens (tertiary/aromatic N) is 1. The number of fused-ring (bicyclic) bond motifs is 1. The number of hydrogen-bond donors (Lipinski definition) is 0. The van der Waals surface area contributed by atoms with Crippen LogP contribution in [-0.2, 0) is 7.05 Å². The van der Waals surface area contributed by atoms with Gasteiger partial charge in [-0.1, -0.05) is 12.1 Å². The van der Waals surface area contributed by atoms with Gasteiger partial charge in [0.25, 0.3) is 0 Å². The van der Waals surface area contributed by atoms with Crippen LogP contribution in [0.1, 0.15) is 0 Å². The van der Waals surface area contributed by atoms with Crippen molar-refractivity contribution in [3.63, 3.8) is 0 Å². The van der Waals surface area contributed by atoms with E-state index in [1.54, 1.807) is 7.11 Å². The average molecular weight is 367 g/mol. The molecule has 0 N–H and O–H groups in total. The zero-order valence-corrected chi connectivity index (χ0v) is 12.9. The summed E-state index contributed by atoms with van der Waals surface area (Å²) in [6.45, 7) is 0. The maximum Gasteiger partial charge on any atom is 0.176 e. The van der Waals surface area contributed by atoms with Gasteiger partial charge in [-0.25, -0.2) is 4.57 Å². The smallest absolute Gasteiger partial charge is 0.176 e. The summed E-state index contributed by atoms with van der Waals surface area (Å²) in [5, 5.41) is 1.05. The monoisotopic (exact) mass is 367 g/mol. The van der Waals surface area contributed by atoms with Crippen LogP contribution < -0.4 is 33.3 Å². The average Bonchev–Trinajstić information content (AvgIpc) is 2.83. The van der Waals surface area contributed by atoms with Gasteiger partial charge in [-0.3, -0.25) is 0 Å². The summed E-state index contributed by atoms with van der Waals surface area (Å²) >= 11 is 0. The molecule has 3 rings (SSSR count). The highest BCUT2D eigenvalue weighted by atomic mass is 127. The van der Waals surface area contributed by atoms with Crippen molar-refractivity contribution >= 4 is 11.0 Å². The number of aryl methyl sites for hydroxylation is 1. The zero-order valence-electron chi connectivity index (χ0n) is 10.8. The highest BCUT2D eigenvalue weighted by Crippen LogP contribution is 2.32. The van der Waals surface area contributed by atoms with Crippen molar-refractivity contribution in [1.29, 1.82) is 0 Å². The molecule has 0 fully saturated rings. The standard InChI is InChI=1S/C15H14NO2.HI/c1-16-8-6-11(7-9-16)14-10-12-4-3-5-13(17-2)15(12)18-14;/h3-10H,1-2H3;1H/q+1;/p-1. The molecule has 2 heterocycles. The molecule has 0 aliphatic heterocycles. The van der Waals surface area contributed by atoms with Crippen molar-refractivity contribution in [2.24, 2.45) is 7.05 Å². The summed E-state index contributed by atoms with van der Waals surface area (Å²) in [5.74, 6) is 1.62. The molecule has 0 radical (unpaired) electrons. The third kappa shape index (κ3) is 2.58. The fourth-order valence-electron chi connectivity index (χ4n) is 2.00. The SMILES string of the molecule is COc1cccc2cc(-c3cc[n+](C)cc3)oc12.[I-]. The van der Waals surface area contributed by atoms with Crippen molar-refractivity contribution in [3.05, 3.63) is 48.8 Å². The van der Waals surface area contributed by atoms with Crippen molar-refractivity contribution < 1.29 is 37.7 Å². The van der Waals surface area contributed by atoms with E-state index in [-0.39, 0.29) is 24.0 Å². The van der Waals surface area contributed by atoms with Crippen LogP contribution in [-0.4, -0.2) is 7.11 Å². The Kier molecular flexibility index (Phi) is 4.09. The van der Waals surface area contributed by atoms with E-state index in [9.17, 15) is 0 Å². The molecular weight excluding hydrogens is 353 g/mol. The number of para-hydroxylation sites is 1.